The highest BCUT2D eigenvalue weighted by Gasteiger charge is 2.53. The summed E-state index contributed by atoms with van der Waals surface area (Å²) in [4.78, 5) is 19.7. The minimum Gasteiger partial charge on any atom is -0.474 e. The molecule has 5 heteroatoms. The van der Waals surface area contributed by atoms with Gasteiger partial charge in [-0.05, 0) is 50.8 Å². The second-order valence-electron chi connectivity index (χ2n) is 8.03. The number of amides is 1. The Bertz CT molecular complexity index is 854. The molecule has 3 atom stereocenters. The monoisotopic (exact) mass is 380 g/mol. The van der Waals surface area contributed by atoms with Gasteiger partial charge in [-0.15, -0.1) is 0 Å². The molecular formula is C23H28N2O3. The predicted octanol–water partition coefficient (Wildman–Crippen LogP) is 3.93. The number of methoxy groups -OCH3 is 1. The number of carbonyl (C=O) groups is 1. The van der Waals surface area contributed by atoms with Crippen LogP contribution >= 0.6 is 0 Å². The first-order valence-electron chi connectivity index (χ1n) is 10.0. The number of aryl methyl sites for hydroxylation is 2. The summed E-state index contributed by atoms with van der Waals surface area (Å²) in [6.45, 7) is 4.78. The summed E-state index contributed by atoms with van der Waals surface area (Å²) < 4.78 is 12.1. The number of aromatic nitrogens is 1. The molecule has 5 nitrogen and oxygen atoms in total. The molecule has 2 aliphatic rings. The Balaban J connectivity index is 1.56. The maximum absolute atomic E-state index is 13.4. The minimum atomic E-state index is -0.266. The third-order valence-corrected chi connectivity index (χ3v) is 6.34. The molecule has 0 N–H and O–H groups in total. The Morgan fingerprint density at radius 3 is 2.79 bits per heavy atom. The molecular weight excluding hydrogens is 352 g/mol. The van der Waals surface area contributed by atoms with Crippen molar-refractivity contribution in [3.63, 3.8) is 0 Å². The number of hydrogen-bond acceptors (Lipinski definition) is 4. The van der Waals surface area contributed by atoms with Gasteiger partial charge in [-0.1, -0.05) is 23.8 Å². The molecule has 0 bridgehead atoms. The van der Waals surface area contributed by atoms with Crippen LogP contribution in [-0.2, 0) is 4.74 Å². The molecule has 1 aromatic heterocycles. The molecule has 0 spiro atoms. The zero-order valence-corrected chi connectivity index (χ0v) is 16.9. The van der Waals surface area contributed by atoms with Gasteiger partial charge in [0.1, 0.15) is 6.10 Å². The van der Waals surface area contributed by atoms with E-state index in [0.29, 0.717) is 5.88 Å². The summed E-state index contributed by atoms with van der Waals surface area (Å²) in [5, 5.41) is 0. The molecule has 2 heterocycles. The average molecular weight is 380 g/mol. The first kappa shape index (κ1) is 18.9. The molecule has 1 amide bonds. The Hall–Kier alpha value is -2.40. The van der Waals surface area contributed by atoms with Crippen molar-refractivity contribution in [3.8, 4) is 5.88 Å². The van der Waals surface area contributed by atoms with Crippen molar-refractivity contribution in [3.05, 3.63) is 59.3 Å². The van der Waals surface area contributed by atoms with Crippen LogP contribution in [0, 0.1) is 13.8 Å². The molecule has 2 aromatic rings. The highest BCUT2D eigenvalue weighted by molar-refractivity contribution is 5.96. The van der Waals surface area contributed by atoms with Crippen LogP contribution in [0.25, 0.3) is 0 Å². The standard InChI is InChI=1S/C23H28N2O3/c1-16-7-8-19(17(2)14-16)22(26)25-13-11-23(27-3)10-9-18(15-20(23)25)28-21-6-4-5-12-24-21/h4-8,12,14,18,20H,9-11,13,15H2,1-3H3/t18-,20+,23-/m1/s1. The van der Waals surface area contributed by atoms with Gasteiger partial charge in [0.05, 0.1) is 11.6 Å². The van der Waals surface area contributed by atoms with Crippen molar-refractivity contribution in [2.45, 2.75) is 57.3 Å². The van der Waals surface area contributed by atoms with E-state index in [9.17, 15) is 4.79 Å². The molecule has 0 unspecified atom stereocenters. The van der Waals surface area contributed by atoms with Gasteiger partial charge in [0.2, 0.25) is 5.88 Å². The smallest absolute Gasteiger partial charge is 0.254 e. The summed E-state index contributed by atoms with van der Waals surface area (Å²) in [5.74, 6) is 0.739. The zero-order chi connectivity index (χ0) is 19.7. The third kappa shape index (κ3) is 3.39. The number of pyridine rings is 1. The fourth-order valence-corrected chi connectivity index (χ4v) is 4.81. The van der Waals surface area contributed by atoms with Crippen LogP contribution in [0.15, 0.2) is 42.6 Å². The molecule has 28 heavy (non-hydrogen) atoms. The number of benzene rings is 1. The lowest BCUT2D eigenvalue weighted by molar-refractivity contribution is -0.0788. The summed E-state index contributed by atoms with van der Waals surface area (Å²) in [5.41, 5.74) is 2.71. The minimum absolute atomic E-state index is 0.0214. The van der Waals surface area contributed by atoms with E-state index in [1.165, 1.54) is 5.56 Å². The zero-order valence-electron chi connectivity index (χ0n) is 16.9. The Morgan fingerprint density at radius 2 is 2.07 bits per heavy atom. The second kappa shape index (κ2) is 7.55. The van der Waals surface area contributed by atoms with Crippen molar-refractivity contribution >= 4 is 5.91 Å². The fraction of sp³-hybridized carbons (Fsp3) is 0.478. The molecule has 0 radical (unpaired) electrons. The van der Waals surface area contributed by atoms with Crippen LogP contribution in [0.3, 0.4) is 0 Å². The highest BCUT2D eigenvalue weighted by Crippen LogP contribution is 2.43. The Morgan fingerprint density at radius 1 is 1.21 bits per heavy atom. The van der Waals surface area contributed by atoms with Gasteiger partial charge in [0.15, 0.2) is 0 Å². The lowest BCUT2D eigenvalue weighted by Crippen LogP contribution is -2.53. The van der Waals surface area contributed by atoms with Crippen molar-refractivity contribution in [2.24, 2.45) is 0 Å². The summed E-state index contributed by atoms with van der Waals surface area (Å²) in [6.07, 6.45) is 5.22. The summed E-state index contributed by atoms with van der Waals surface area (Å²) in [7, 11) is 1.78. The summed E-state index contributed by atoms with van der Waals surface area (Å²) in [6, 6.07) is 11.7. The number of ether oxygens (including phenoxy) is 2. The first-order valence-corrected chi connectivity index (χ1v) is 10.0. The number of rotatable bonds is 4. The van der Waals surface area contributed by atoms with Gasteiger partial charge < -0.3 is 14.4 Å². The number of fused-ring (bicyclic) bond motifs is 1. The Kier molecular flexibility index (Phi) is 5.11. The van der Waals surface area contributed by atoms with Crippen LogP contribution in [0.1, 0.15) is 47.2 Å². The molecule has 2 fully saturated rings. The fourth-order valence-electron chi connectivity index (χ4n) is 4.81. The molecule has 1 saturated carbocycles. The number of hydrogen-bond donors (Lipinski definition) is 0. The molecule has 4 rings (SSSR count). The number of likely N-dealkylation sites (tertiary alicyclic amines) is 1. The van der Waals surface area contributed by atoms with Gasteiger partial charge in [0.25, 0.3) is 5.91 Å². The maximum Gasteiger partial charge on any atom is 0.254 e. The lowest BCUT2D eigenvalue weighted by atomic mass is 9.79. The van der Waals surface area contributed by atoms with Crippen LogP contribution in [0.4, 0.5) is 0 Å². The van der Waals surface area contributed by atoms with E-state index >= 15 is 0 Å². The van der Waals surface area contributed by atoms with Crippen LogP contribution in [0.5, 0.6) is 5.88 Å². The normalized spacial score (nSPS) is 26.8. The second-order valence-corrected chi connectivity index (χ2v) is 8.03. The van der Waals surface area contributed by atoms with Crippen LogP contribution < -0.4 is 4.74 Å². The molecule has 1 saturated heterocycles. The molecule has 1 aliphatic heterocycles. The third-order valence-electron chi connectivity index (χ3n) is 6.34. The molecule has 1 aromatic carbocycles. The lowest BCUT2D eigenvalue weighted by Gasteiger charge is -2.43. The van der Waals surface area contributed by atoms with E-state index in [1.807, 2.05) is 49.1 Å². The van der Waals surface area contributed by atoms with Crippen molar-refractivity contribution < 1.29 is 14.3 Å². The van der Waals surface area contributed by atoms with E-state index in [1.54, 1.807) is 13.3 Å². The van der Waals surface area contributed by atoms with Crippen LogP contribution in [0.2, 0.25) is 0 Å². The largest absolute Gasteiger partial charge is 0.474 e. The van der Waals surface area contributed by atoms with E-state index in [4.69, 9.17) is 9.47 Å². The van der Waals surface area contributed by atoms with Gasteiger partial charge in [-0.3, -0.25) is 4.79 Å². The van der Waals surface area contributed by atoms with E-state index in [-0.39, 0.29) is 23.7 Å². The molecule has 148 valence electrons. The van der Waals surface area contributed by atoms with E-state index < -0.39 is 0 Å². The van der Waals surface area contributed by atoms with Gasteiger partial charge in [-0.2, -0.15) is 0 Å². The quantitative estimate of drug-likeness (QED) is 0.806. The molecule has 1 aliphatic carbocycles. The van der Waals surface area contributed by atoms with Crippen molar-refractivity contribution in [2.75, 3.05) is 13.7 Å². The Labute approximate surface area is 166 Å². The van der Waals surface area contributed by atoms with Gasteiger partial charge >= 0.3 is 0 Å². The summed E-state index contributed by atoms with van der Waals surface area (Å²) >= 11 is 0. The number of carbonyl (C=O) groups excluding carboxylic acids is 1. The van der Waals surface area contributed by atoms with Crippen molar-refractivity contribution in [1.29, 1.82) is 0 Å². The average Bonchev–Trinajstić information content (AvgIpc) is 3.08. The first-order chi connectivity index (χ1) is 13.5. The predicted molar refractivity (Wildman–Crippen MR) is 108 cm³/mol. The van der Waals surface area contributed by atoms with Crippen LogP contribution in [-0.4, -0.2) is 47.2 Å². The number of nitrogens with zero attached hydrogens (tertiary/aromatic N) is 2. The maximum atomic E-state index is 13.4. The highest BCUT2D eigenvalue weighted by atomic mass is 16.5. The van der Waals surface area contributed by atoms with E-state index in [2.05, 4.69) is 11.1 Å². The topological polar surface area (TPSA) is 51.7 Å². The van der Waals surface area contributed by atoms with Gasteiger partial charge in [-0.25, -0.2) is 4.98 Å². The van der Waals surface area contributed by atoms with E-state index in [0.717, 1.165) is 43.4 Å². The SMILES string of the molecule is CO[C@@]12CC[C@@H](Oc3ccccn3)C[C@@H]1N(C(=O)c1ccc(C)cc1C)CC2. The van der Waals surface area contributed by atoms with Crippen molar-refractivity contribution in [1.82, 2.24) is 9.88 Å². The van der Waals surface area contributed by atoms with Gasteiger partial charge in [0, 0.05) is 37.9 Å².